The highest BCUT2D eigenvalue weighted by molar-refractivity contribution is 5.98. The zero-order chi connectivity index (χ0) is 28.8. The highest BCUT2D eigenvalue weighted by atomic mass is 16.4. The van der Waals surface area contributed by atoms with E-state index in [2.05, 4.69) is 41.8 Å². The van der Waals surface area contributed by atoms with Crippen LogP contribution in [0.5, 0.6) is 0 Å². The number of benzene rings is 2. The number of carbonyl (C=O) groups excluding carboxylic acids is 1. The number of carbonyl (C=O) groups is 1. The van der Waals surface area contributed by atoms with Gasteiger partial charge in [0.25, 0.3) is 6.01 Å². The number of hydrogen-bond acceptors (Lipinski definition) is 10. The Morgan fingerprint density at radius 2 is 1.71 bits per heavy atom. The summed E-state index contributed by atoms with van der Waals surface area (Å²) in [6.07, 6.45) is 5.96. The Morgan fingerprint density at radius 1 is 0.976 bits per heavy atom. The third-order valence-electron chi connectivity index (χ3n) is 8.67. The molecule has 1 saturated heterocycles. The summed E-state index contributed by atoms with van der Waals surface area (Å²) in [6, 6.07) is 14.0. The van der Waals surface area contributed by atoms with Crippen molar-refractivity contribution in [3.8, 4) is 11.3 Å². The molecule has 1 aliphatic carbocycles. The van der Waals surface area contributed by atoms with Gasteiger partial charge >= 0.3 is 0 Å². The maximum atomic E-state index is 11.5. The first-order chi connectivity index (χ1) is 20.4. The van der Waals surface area contributed by atoms with Crippen LogP contribution in [-0.2, 0) is 0 Å². The van der Waals surface area contributed by atoms with E-state index in [0.717, 1.165) is 79.8 Å². The normalized spacial score (nSPS) is 20.3. The van der Waals surface area contributed by atoms with Crippen LogP contribution in [0.1, 0.15) is 42.1 Å². The van der Waals surface area contributed by atoms with Crippen molar-refractivity contribution in [2.24, 2.45) is 5.73 Å². The van der Waals surface area contributed by atoms with E-state index < -0.39 is 5.91 Å². The van der Waals surface area contributed by atoms with E-state index in [1.54, 1.807) is 18.2 Å². The first-order valence-corrected chi connectivity index (χ1v) is 14.4. The number of amides is 1. The number of fused-ring (bicyclic) bond motifs is 2. The van der Waals surface area contributed by atoms with Gasteiger partial charge in [-0.05, 0) is 63.1 Å². The second kappa shape index (κ2) is 10.7. The summed E-state index contributed by atoms with van der Waals surface area (Å²) in [5, 5.41) is 9.05. The molecule has 1 aliphatic heterocycles. The van der Waals surface area contributed by atoms with Gasteiger partial charge in [0.2, 0.25) is 5.91 Å². The number of anilines is 3. The highest BCUT2D eigenvalue weighted by Crippen LogP contribution is 2.37. The Morgan fingerprint density at radius 3 is 2.45 bits per heavy atom. The van der Waals surface area contributed by atoms with E-state index in [-0.39, 0.29) is 6.04 Å². The summed E-state index contributed by atoms with van der Waals surface area (Å²) in [6.45, 7) is 4.59. The van der Waals surface area contributed by atoms with E-state index in [9.17, 15) is 4.79 Å². The highest BCUT2D eigenvalue weighted by Gasteiger charge is 2.30. The van der Waals surface area contributed by atoms with Crippen molar-refractivity contribution in [3.05, 3.63) is 54.4 Å². The Hall–Kier alpha value is -4.55. The maximum Gasteiger partial charge on any atom is 0.300 e. The molecule has 4 heterocycles. The first-order valence-electron chi connectivity index (χ1n) is 14.4. The minimum absolute atomic E-state index is 0.273. The second-order valence-corrected chi connectivity index (χ2v) is 11.3. The number of aromatic nitrogens is 5. The van der Waals surface area contributed by atoms with E-state index >= 15 is 0 Å². The largest absolute Gasteiger partial charge is 0.423 e. The van der Waals surface area contributed by atoms with Crippen LogP contribution in [-0.4, -0.2) is 79.7 Å². The van der Waals surface area contributed by atoms with Crippen LogP contribution in [0.3, 0.4) is 0 Å². The zero-order valence-corrected chi connectivity index (χ0v) is 23.5. The molecule has 1 saturated carbocycles. The molecule has 2 aliphatic rings. The minimum Gasteiger partial charge on any atom is -0.423 e. The summed E-state index contributed by atoms with van der Waals surface area (Å²) in [5.74, 6) is -0.0827. The molecular weight excluding hydrogens is 532 g/mol. The summed E-state index contributed by atoms with van der Waals surface area (Å²) in [7, 11) is 2.20. The molecule has 2 fully saturated rings. The van der Waals surface area contributed by atoms with Crippen molar-refractivity contribution in [1.82, 2.24) is 34.5 Å². The van der Waals surface area contributed by atoms with Crippen molar-refractivity contribution in [1.29, 1.82) is 0 Å². The van der Waals surface area contributed by atoms with Crippen LogP contribution in [0.2, 0.25) is 0 Å². The van der Waals surface area contributed by atoms with Gasteiger partial charge in [0.05, 0.1) is 11.4 Å². The number of oxazole rings is 1. The number of likely N-dealkylation sites (N-methyl/N-ethyl adjacent to an activating group) is 1. The molecule has 3 aromatic heterocycles. The average molecular weight is 567 g/mol. The van der Waals surface area contributed by atoms with Gasteiger partial charge < -0.3 is 26.1 Å². The van der Waals surface area contributed by atoms with Gasteiger partial charge in [0.15, 0.2) is 11.2 Å². The Kier molecular flexibility index (Phi) is 6.71. The molecule has 0 radical (unpaired) electrons. The SMILES string of the molecule is CN1CCN(C2CCC(n3nc(-c4ccc(Nc5nc6cc(C(N)=O)ccc6o5)cc4)c4c(N)ncnc43)CC2)CC1. The number of rotatable bonds is 6. The molecule has 5 N–H and O–H groups in total. The third-order valence-corrected chi connectivity index (χ3v) is 8.67. The van der Waals surface area contributed by atoms with Crippen LogP contribution in [0, 0.1) is 0 Å². The predicted octanol–water partition coefficient (Wildman–Crippen LogP) is 3.79. The fourth-order valence-corrected chi connectivity index (χ4v) is 6.28. The lowest BCUT2D eigenvalue weighted by Crippen LogP contribution is -2.49. The molecule has 0 atom stereocenters. The standard InChI is InChI=1S/C30H34N10O2/c1-38-12-14-39(15-13-38)21-7-9-22(10-8-21)40-29-25(27(31)33-17-34-29)26(37-40)18-2-5-20(6-3-18)35-30-36-23-16-19(28(32)41)4-11-24(23)42-30/h2-6,11,16-17,21-22H,7-10,12-15H2,1H3,(H2,32,41)(H,35,36)(H2,31,33,34). The number of nitrogens with one attached hydrogen (secondary N) is 1. The Labute approximate surface area is 242 Å². The van der Waals surface area contributed by atoms with Crippen LogP contribution < -0.4 is 16.8 Å². The topological polar surface area (TPSA) is 157 Å². The van der Waals surface area contributed by atoms with Gasteiger partial charge in [-0.25, -0.2) is 14.6 Å². The molecule has 0 spiro atoms. The van der Waals surface area contributed by atoms with Crippen molar-refractivity contribution in [2.75, 3.05) is 44.3 Å². The van der Waals surface area contributed by atoms with Gasteiger partial charge in [-0.2, -0.15) is 10.1 Å². The van der Waals surface area contributed by atoms with Crippen molar-refractivity contribution >= 4 is 45.6 Å². The molecule has 0 bridgehead atoms. The molecule has 42 heavy (non-hydrogen) atoms. The van der Waals surface area contributed by atoms with Crippen LogP contribution in [0.15, 0.2) is 53.2 Å². The monoisotopic (exact) mass is 566 g/mol. The van der Waals surface area contributed by atoms with Gasteiger partial charge in [0, 0.05) is 49.0 Å². The summed E-state index contributed by atoms with van der Waals surface area (Å²) >= 11 is 0. The molecule has 1 amide bonds. The zero-order valence-electron chi connectivity index (χ0n) is 23.5. The fourth-order valence-electron chi connectivity index (χ4n) is 6.28. The quantitative estimate of drug-likeness (QED) is 0.276. The Bertz CT molecular complexity index is 1750. The van der Waals surface area contributed by atoms with Gasteiger partial charge in [-0.15, -0.1) is 0 Å². The van der Waals surface area contributed by atoms with Crippen LogP contribution in [0.4, 0.5) is 17.5 Å². The molecule has 2 aromatic carbocycles. The number of primary amides is 1. The van der Waals surface area contributed by atoms with E-state index in [1.807, 2.05) is 24.3 Å². The van der Waals surface area contributed by atoms with Crippen molar-refractivity contribution < 1.29 is 9.21 Å². The fraction of sp³-hybridized carbons (Fsp3) is 0.367. The Balaban J connectivity index is 1.11. The van der Waals surface area contributed by atoms with Crippen molar-refractivity contribution in [3.63, 3.8) is 0 Å². The molecular formula is C30H34N10O2. The molecule has 216 valence electrons. The van der Waals surface area contributed by atoms with Crippen LogP contribution >= 0.6 is 0 Å². The lowest BCUT2D eigenvalue weighted by Gasteiger charge is -2.41. The van der Waals surface area contributed by atoms with Crippen LogP contribution in [0.25, 0.3) is 33.4 Å². The summed E-state index contributed by atoms with van der Waals surface area (Å²) in [5.41, 5.74) is 16.5. The second-order valence-electron chi connectivity index (χ2n) is 11.3. The predicted molar refractivity (Wildman–Crippen MR) is 161 cm³/mol. The third kappa shape index (κ3) is 4.92. The molecule has 12 nitrogen and oxygen atoms in total. The molecule has 12 heteroatoms. The summed E-state index contributed by atoms with van der Waals surface area (Å²) < 4.78 is 7.87. The van der Waals surface area contributed by atoms with Gasteiger partial charge in [-0.3, -0.25) is 9.69 Å². The lowest BCUT2D eigenvalue weighted by molar-refractivity contribution is 0.0815. The first kappa shape index (κ1) is 26.4. The van der Waals surface area contributed by atoms with Gasteiger partial charge in [0.1, 0.15) is 23.4 Å². The molecule has 7 rings (SSSR count). The number of piperazine rings is 1. The lowest BCUT2D eigenvalue weighted by atomic mass is 9.90. The smallest absolute Gasteiger partial charge is 0.300 e. The summed E-state index contributed by atoms with van der Waals surface area (Å²) in [4.78, 5) is 29.9. The number of hydrogen-bond donors (Lipinski definition) is 3. The molecule has 5 aromatic rings. The number of nitrogens with zero attached hydrogens (tertiary/aromatic N) is 7. The van der Waals surface area contributed by atoms with Crippen molar-refractivity contribution in [2.45, 2.75) is 37.8 Å². The van der Waals surface area contributed by atoms with E-state index in [0.29, 0.717) is 34.5 Å². The van der Waals surface area contributed by atoms with E-state index in [4.69, 9.17) is 21.0 Å². The van der Waals surface area contributed by atoms with Gasteiger partial charge in [-0.1, -0.05) is 12.1 Å². The average Bonchev–Trinajstić information content (AvgIpc) is 3.60. The maximum absolute atomic E-state index is 11.5. The number of nitrogens with two attached hydrogens (primary N) is 2. The van der Waals surface area contributed by atoms with E-state index in [1.165, 1.54) is 6.33 Å². The minimum atomic E-state index is -0.510. The number of nitrogen functional groups attached to an aromatic ring is 1. The molecule has 0 unspecified atom stereocenters.